The van der Waals surface area contributed by atoms with Gasteiger partial charge in [-0.15, -0.1) is 0 Å². The molecule has 2 aromatic rings. The molecule has 0 aliphatic heterocycles. The zero-order chi connectivity index (χ0) is 20.0. The van der Waals surface area contributed by atoms with Crippen molar-refractivity contribution in [3.05, 3.63) is 63.2 Å². The van der Waals surface area contributed by atoms with E-state index >= 15 is 0 Å². The van der Waals surface area contributed by atoms with Crippen molar-refractivity contribution in [1.82, 2.24) is 4.31 Å². The molecule has 1 N–H and O–H groups in total. The van der Waals surface area contributed by atoms with Crippen LogP contribution in [-0.4, -0.2) is 37.0 Å². The van der Waals surface area contributed by atoms with Crippen LogP contribution in [0.4, 0.5) is 11.4 Å². The van der Waals surface area contributed by atoms with Crippen molar-refractivity contribution in [3.8, 4) is 0 Å². The second-order valence-electron chi connectivity index (χ2n) is 5.42. The van der Waals surface area contributed by atoms with Crippen molar-refractivity contribution in [2.24, 2.45) is 5.10 Å². The van der Waals surface area contributed by atoms with Gasteiger partial charge >= 0.3 is 0 Å². The van der Waals surface area contributed by atoms with Crippen LogP contribution >= 0.6 is 11.6 Å². The fraction of sp³-hybridized carbons (Fsp3) is 0.235. The van der Waals surface area contributed by atoms with E-state index < -0.39 is 14.9 Å². The average molecular weight is 411 g/mol. The molecule has 0 aromatic heterocycles. The SMILES string of the molecule is CCN(CC)S(=O)(=O)c1cc([N+](=O)[O-])ccc1N/N=C\c1ccccc1Cl. The molecule has 0 unspecified atom stereocenters. The maximum Gasteiger partial charge on any atom is 0.270 e. The first-order chi connectivity index (χ1) is 12.8. The summed E-state index contributed by atoms with van der Waals surface area (Å²) in [7, 11) is -3.92. The summed E-state index contributed by atoms with van der Waals surface area (Å²) in [5.41, 5.74) is 3.10. The van der Waals surface area contributed by atoms with Crippen molar-refractivity contribution in [1.29, 1.82) is 0 Å². The fourth-order valence-corrected chi connectivity index (χ4v) is 4.19. The standard InChI is InChI=1S/C17H19ClN4O4S/c1-3-21(4-2)27(25,26)17-11-14(22(23)24)9-10-16(17)20-19-12-13-7-5-6-8-15(13)18/h5-12,20H,3-4H2,1-2H3/b19-12-. The third-order valence-electron chi connectivity index (χ3n) is 3.79. The number of nitrogens with zero attached hydrogens (tertiary/aromatic N) is 3. The van der Waals surface area contributed by atoms with E-state index in [1.807, 2.05) is 0 Å². The Morgan fingerprint density at radius 3 is 2.48 bits per heavy atom. The summed E-state index contributed by atoms with van der Waals surface area (Å²) in [5.74, 6) is 0. The first-order valence-corrected chi connectivity index (χ1v) is 9.95. The predicted molar refractivity (Wildman–Crippen MR) is 106 cm³/mol. The lowest BCUT2D eigenvalue weighted by Gasteiger charge is -2.20. The number of hydrogen-bond acceptors (Lipinski definition) is 6. The number of non-ortho nitro benzene ring substituents is 1. The van der Waals surface area contributed by atoms with E-state index in [-0.39, 0.29) is 29.4 Å². The molecule has 144 valence electrons. The highest BCUT2D eigenvalue weighted by atomic mass is 35.5. The van der Waals surface area contributed by atoms with Crippen molar-refractivity contribution >= 4 is 39.2 Å². The molecule has 0 aliphatic carbocycles. The molecule has 0 heterocycles. The van der Waals surface area contributed by atoms with E-state index in [1.54, 1.807) is 38.1 Å². The summed E-state index contributed by atoms with van der Waals surface area (Å²) < 4.78 is 27.0. The van der Waals surface area contributed by atoms with Gasteiger partial charge in [0, 0.05) is 35.8 Å². The van der Waals surface area contributed by atoms with Crippen LogP contribution in [0.1, 0.15) is 19.4 Å². The molecule has 0 bridgehead atoms. The number of nitro groups is 1. The van der Waals surface area contributed by atoms with Crippen LogP contribution in [0.2, 0.25) is 5.02 Å². The Balaban J connectivity index is 2.44. The largest absolute Gasteiger partial charge is 0.277 e. The summed E-state index contributed by atoms with van der Waals surface area (Å²) in [6, 6.07) is 10.6. The lowest BCUT2D eigenvalue weighted by atomic mass is 10.2. The van der Waals surface area contributed by atoms with Gasteiger partial charge in [-0.25, -0.2) is 8.42 Å². The monoisotopic (exact) mass is 410 g/mol. The zero-order valence-electron chi connectivity index (χ0n) is 14.8. The van der Waals surface area contributed by atoms with Gasteiger partial charge in [0.05, 0.1) is 16.8 Å². The van der Waals surface area contributed by atoms with Crippen LogP contribution in [0.15, 0.2) is 52.5 Å². The highest BCUT2D eigenvalue weighted by Crippen LogP contribution is 2.29. The van der Waals surface area contributed by atoms with Gasteiger partial charge < -0.3 is 0 Å². The molecule has 8 nitrogen and oxygen atoms in total. The van der Waals surface area contributed by atoms with Gasteiger partial charge in [-0.05, 0) is 12.1 Å². The van der Waals surface area contributed by atoms with Gasteiger partial charge in [0.2, 0.25) is 10.0 Å². The summed E-state index contributed by atoms with van der Waals surface area (Å²) in [6.45, 7) is 3.87. The Morgan fingerprint density at radius 1 is 1.22 bits per heavy atom. The topological polar surface area (TPSA) is 105 Å². The molecular formula is C17H19ClN4O4S. The quantitative estimate of drug-likeness (QED) is 0.405. The van der Waals surface area contributed by atoms with E-state index in [0.717, 1.165) is 6.07 Å². The van der Waals surface area contributed by atoms with E-state index in [4.69, 9.17) is 11.6 Å². The maximum atomic E-state index is 12.9. The van der Waals surface area contributed by atoms with Crippen LogP contribution in [0.3, 0.4) is 0 Å². The summed E-state index contributed by atoms with van der Waals surface area (Å²) in [4.78, 5) is 10.2. The van der Waals surface area contributed by atoms with E-state index in [0.29, 0.717) is 10.6 Å². The number of nitrogens with one attached hydrogen (secondary N) is 1. The molecule has 0 spiro atoms. The number of rotatable bonds is 8. The molecule has 0 saturated heterocycles. The number of halogens is 1. The minimum absolute atomic E-state index is 0.135. The van der Waals surface area contributed by atoms with Crippen molar-refractivity contribution in [3.63, 3.8) is 0 Å². The Bertz CT molecular complexity index is 959. The molecule has 0 saturated carbocycles. The number of hydrogen-bond donors (Lipinski definition) is 1. The number of nitro benzene ring substituents is 1. The Labute approximate surface area is 162 Å². The van der Waals surface area contributed by atoms with Gasteiger partial charge in [0.25, 0.3) is 5.69 Å². The summed E-state index contributed by atoms with van der Waals surface area (Å²) in [5, 5.41) is 15.6. The van der Waals surface area contributed by atoms with Gasteiger partial charge in [-0.3, -0.25) is 15.5 Å². The first kappa shape index (κ1) is 20.8. The molecule has 27 heavy (non-hydrogen) atoms. The minimum Gasteiger partial charge on any atom is -0.277 e. The lowest BCUT2D eigenvalue weighted by Crippen LogP contribution is -2.31. The van der Waals surface area contributed by atoms with Crippen molar-refractivity contribution in [2.45, 2.75) is 18.7 Å². The third kappa shape index (κ3) is 4.82. The zero-order valence-corrected chi connectivity index (χ0v) is 16.4. The summed E-state index contributed by atoms with van der Waals surface area (Å²) >= 11 is 6.05. The molecule has 2 rings (SSSR count). The fourth-order valence-electron chi connectivity index (χ4n) is 2.38. The normalized spacial score (nSPS) is 11.9. The maximum absolute atomic E-state index is 12.9. The molecule has 0 fully saturated rings. The number of hydrazone groups is 1. The second-order valence-corrected chi connectivity index (χ2v) is 7.73. The van der Waals surface area contributed by atoms with Crippen molar-refractivity contribution in [2.75, 3.05) is 18.5 Å². The van der Waals surface area contributed by atoms with Gasteiger partial charge in [-0.1, -0.05) is 43.6 Å². The van der Waals surface area contributed by atoms with Gasteiger partial charge in [-0.2, -0.15) is 9.41 Å². The Morgan fingerprint density at radius 2 is 1.89 bits per heavy atom. The highest BCUT2D eigenvalue weighted by molar-refractivity contribution is 7.89. The third-order valence-corrected chi connectivity index (χ3v) is 6.23. The van der Waals surface area contributed by atoms with Crippen LogP contribution in [0, 0.1) is 10.1 Å². The van der Waals surface area contributed by atoms with E-state index in [2.05, 4.69) is 10.5 Å². The van der Waals surface area contributed by atoms with Crippen molar-refractivity contribution < 1.29 is 13.3 Å². The summed E-state index contributed by atoms with van der Waals surface area (Å²) in [6.07, 6.45) is 1.44. The molecular weight excluding hydrogens is 392 g/mol. The molecule has 0 atom stereocenters. The number of anilines is 1. The molecule has 0 aliphatic rings. The Kier molecular flexibility index (Phi) is 6.89. The molecule has 0 radical (unpaired) electrons. The van der Waals surface area contributed by atoms with E-state index in [9.17, 15) is 18.5 Å². The lowest BCUT2D eigenvalue weighted by molar-refractivity contribution is -0.385. The Hall–Kier alpha value is -2.49. The predicted octanol–water partition coefficient (Wildman–Crippen LogP) is 3.72. The first-order valence-electron chi connectivity index (χ1n) is 8.13. The minimum atomic E-state index is -3.92. The van der Waals surface area contributed by atoms with Crippen LogP contribution < -0.4 is 5.43 Å². The highest BCUT2D eigenvalue weighted by Gasteiger charge is 2.27. The average Bonchev–Trinajstić information content (AvgIpc) is 2.64. The van der Waals surface area contributed by atoms with Crippen LogP contribution in [0.25, 0.3) is 0 Å². The van der Waals surface area contributed by atoms with Crippen LogP contribution in [0.5, 0.6) is 0 Å². The van der Waals surface area contributed by atoms with Gasteiger partial charge in [0.1, 0.15) is 4.90 Å². The molecule has 0 amide bonds. The number of benzene rings is 2. The second kappa shape index (κ2) is 8.94. The smallest absolute Gasteiger partial charge is 0.270 e. The molecule has 2 aromatic carbocycles. The van der Waals surface area contributed by atoms with Crippen LogP contribution in [-0.2, 0) is 10.0 Å². The van der Waals surface area contributed by atoms with E-state index in [1.165, 1.54) is 22.7 Å². The number of sulfonamides is 1. The molecule has 10 heteroatoms. The van der Waals surface area contributed by atoms with Gasteiger partial charge in [0.15, 0.2) is 0 Å².